The first-order chi connectivity index (χ1) is 6.77. The van der Waals surface area contributed by atoms with Gasteiger partial charge < -0.3 is 4.74 Å². The van der Waals surface area contributed by atoms with Crippen LogP contribution in [0.1, 0.15) is 23.6 Å². The zero-order valence-electron chi connectivity index (χ0n) is 8.25. The van der Waals surface area contributed by atoms with Crippen molar-refractivity contribution >= 4 is 5.78 Å². The van der Waals surface area contributed by atoms with Gasteiger partial charge in [0.2, 0.25) is 0 Å². The number of ether oxygens (including phenoxy) is 1. The third-order valence-corrected chi connectivity index (χ3v) is 2.43. The molecule has 0 bridgehead atoms. The molecule has 0 aliphatic carbocycles. The van der Waals surface area contributed by atoms with Crippen LogP contribution in [0, 0.1) is 0 Å². The van der Waals surface area contributed by atoms with Gasteiger partial charge in [-0.15, -0.1) is 0 Å². The molecule has 0 unspecified atom stereocenters. The minimum absolute atomic E-state index is 0.187. The standard InChI is InChI=1S/C11H13NO2/c1-8(13)4-9-5-12-6-10-7-14-3-2-11(9)10/h5-6H,2-4,7H2,1H3. The van der Waals surface area contributed by atoms with Gasteiger partial charge in [0.15, 0.2) is 0 Å². The Kier molecular flexibility index (Phi) is 2.59. The Hall–Kier alpha value is -1.22. The van der Waals surface area contributed by atoms with Gasteiger partial charge >= 0.3 is 0 Å². The Labute approximate surface area is 83.1 Å². The lowest BCUT2D eigenvalue weighted by molar-refractivity contribution is -0.116. The van der Waals surface area contributed by atoms with Gasteiger partial charge in [0.1, 0.15) is 5.78 Å². The van der Waals surface area contributed by atoms with Crippen molar-refractivity contribution in [3.8, 4) is 0 Å². The number of Topliss-reactive ketones (excluding diaryl/α,β-unsaturated/α-hetero) is 1. The number of fused-ring (bicyclic) bond motifs is 1. The number of ketones is 1. The van der Waals surface area contributed by atoms with E-state index < -0.39 is 0 Å². The highest BCUT2D eigenvalue weighted by molar-refractivity contribution is 5.78. The number of carbonyl (C=O) groups excluding carboxylic acids is 1. The molecule has 14 heavy (non-hydrogen) atoms. The molecule has 0 saturated carbocycles. The second-order valence-electron chi connectivity index (χ2n) is 3.62. The van der Waals surface area contributed by atoms with Crippen LogP contribution in [0.25, 0.3) is 0 Å². The lowest BCUT2D eigenvalue weighted by Gasteiger charge is -2.18. The summed E-state index contributed by atoms with van der Waals surface area (Å²) in [4.78, 5) is 15.2. The number of rotatable bonds is 2. The second kappa shape index (κ2) is 3.88. The Morgan fingerprint density at radius 2 is 2.43 bits per heavy atom. The highest BCUT2D eigenvalue weighted by atomic mass is 16.5. The Balaban J connectivity index is 2.35. The van der Waals surface area contributed by atoms with E-state index in [4.69, 9.17) is 4.74 Å². The molecule has 1 aromatic heterocycles. The fourth-order valence-electron chi connectivity index (χ4n) is 1.80. The van der Waals surface area contributed by atoms with Crippen LogP contribution in [0.5, 0.6) is 0 Å². The lowest BCUT2D eigenvalue weighted by atomic mass is 9.97. The van der Waals surface area contributed by atoms with E-state index in [1.165, 1.54) is 5.56 Å². The SMILES string of the molecule is CC(=O)Cc1cncc2c1CCOC2. The van der Waals surface area contributed by atoms with Gasteiger partial charge in [-0.3, -0.25) is 9.78 Å². The molecular weight excluding hydrogens is 178 g/mol. The normalized spacial score (nSPS) is 14.9. The molecule has 0 atom stereocenters. The van der Waals surface area contributed by atoms with Crippen LogP contribution in [0.4, 0.5) is 0 Å². The molecule has 3 nitrogen and oxygen atoms in total. The predicted octanol–water partition coefficient (Wildman–Crippen LogP) is 1.29. The quantitative estimate of drug-likeness (QED) is 0.707. The van der Waals surface area contributed by atoms with Gasteiger partial charge in [-0.05, 0) is 30.0 Å². The van der Waals surface area contributed by atoms with Crippen LogP contribution in [0.3, 0.4) is 0 Å². The summed E-state index contributed by atoms with van der Waals surface area (Å²) >= 11 is 0. The monoisotopic (exact) mass is 191 g/mol. The molecule has 0 saturated heterocycles. The summed E-state index contributed by atoms with van der Waals surface area (Å²) in [5.74, 6) is 0.187. The van der Waals surface area contributed by atoms with Crippen molar-refractivity contribution in [1.29, 1.82) is 0 Å². The van der Waals surface area contributed by atoms with E-state index in [1.807, 2.05) is 6.20 Å². The average Bonchev–Trinajstić information content (AvgIpc) is 2.18. The molecule has 0 N–H and O–H groups in total. The van der Waals surface area contributed by atoms with Crippen LogP contribution in [0.2, 0.25) is 0 Å². The van der Waals surface area contributed by atoms with Crippen molar-refractivity contribution in [2.45, 2.75) is 26.4 Å². The van der Waals surface area contributed by atoms with Crippen molar-refractivity contribution in [2.75, 3.05) is 6.61 Å². The van der Waals surface area contributed by atoms with Gasteiger partial charge in [0.05, 0.1) is 13.2 Å². The Morgan fingerprint density at radius 3 is 3.21 bits per heavy atom. The van der Waals surface area contributed by atoms with E-state index in [9.17, 15) is 4.79 Å². The van der Waals surface area contributed by atoms with Crippen LogP contribution < -0.4 is 0 Å². The average molecular weight is 191 g/mol. The van der Waals surface area contributed by atoms with Crippen molar-refractivity contribution in [2.24, 2.45) is 0 Å². The maximum absolute atomic E-state index is 11.0. The molecule has 3 heteroatoms. The fourth-order valence-corrected chi connectivity index (χ4v) is 1.80. The molecule has 0 aromatic carbocycles. The third-order valence-electron chi connectivity index (χ3n) is 2.43. The van der Waals surface area contributed by atoms with Gasteiger partial charge in [-0.2, -0.15) is 0 Å². The lowest BCUT2D eigenvalue weighted by Crippen LogP contribution is -2.14. The van der Waals surface area contributed by atoms with Crippen molar-refractivity contribution in [3.63, 3.8) is 0 Å². The molecule has 2 heterocycles. The number of nitrogens with zero attached hydrogens (tertiary/aromatic N) is 1. The summed E-state index contributed by atoms with van der Waals surface area (Å²) in [5, 5.41) is 0. The topological polar surface area (TPSA) is 39.2 Å². The van der Waals surface area contributed by atoms with Crippen molar-refractivity contribution in [3.05, 3.63) is 29.1 Å². The summed E-state index contributed by atoms with van der Waals surface area (Å²) in [6.07, 6.45) is 5.03. The molecule has 0 fully saturated rings. The highest BCUT2D eigenvalue weighted by Gasteiger charge is 2.14. The van der Waals surface area contributed by atoms with E-state index in [-0.39, 0.29) is 5.78 Å². The molecule has 0 spiro atoms. The predicted molar refractivity (Wildman–Crippen MR) is 52.0 cm³/mol. The van der Waals surface area contributed by atoms with E-state index in [1.54, 1.807) is 13.1 Å². The van der Waals surface area contributed by atoms with Crippen molar-refractivity contribution in [1.82, 2.24) is 4.98 Å². The maximum Gasteiger partial charge on any atom is 0.134 e. The zero-order valence-corrected chi connectivity index (χ0v) is 8.25. The number of carbonyl (C=O) groups is 1. The van der Waals surface area contributed by atoms with Crippen LogP contribution in [-0.4, -0.2) is 17.4 Å². The molecule has 1 aliphatic heterocycles. The largest absolute Gasteiger partial charge is 0.376 e. The summed E-state index contributed by atoms with van der Waals surface area (Å²) in [6, 6.07) is 0. The van der Waals surface area contributed by atoms with Crippen LogP contribution >= 0.6 is 0 Å². The molecule has 74 valence electrons. The smallest absolute Gasteiger partial charge is 0.134 e. The van der Waals surface area contributed by atoms with E-state index in [0.717, 1.165) is 24.2 Å². The first-order valence-corrected chi connectivity index (χ1v) is 4.79. The molecule has 1 aliphatic rings. The van der Waals surface area contributed by atoms with Crippen molar-refractivity contribution < 1.29 is 9.53 Å². The second-order valence-corrected chi connectivity index (χ2v) is 3.62. The van der Waals surface area contributed by atoms with Gasteiger partial charge in [0, 0.05) is 18.8 Å². The first kappa shape index (κ1) is 9.34. The molecular formula is C11H13NO2. The molecule has 1 aromatic rings. The number of aromatic nitrogens is 1. The Morgan fingerprint density at radius 1 is 1.57 bits per heavy atom. The molecule has 0 radical (unpaired) electrons. The minimum Gasteiger partial charge on any atom is -0.376 e. The van der Waals surface area contributed by atoms with E-state index in [0.29, 0.717) is 13.0 Å². The highest BCUT2D eigenvalue weighted by Crippen LogP contribution is 2.19. The van der Waals surface area contributed by atoms with Gasteiger partial charge in [0.25, 0.3) is 0 Å². The Bertz CT molecular complexity index is 360. The maximum atomic E-state index is 11.0. The number of pyridine rings is 1. The molecule has 2 rings (SSSR count). The number of hydrogen-bond acceptors (Lipinski definition) is 3. The molecule has 0 amide bonds. The minimum atomic E-state index is 0.187. The van der Waals surface area contributed by atoms with Gasteiger partial charge in [-0.1, -0.05) is 0 Å². The zero-order chi connectivity index (χ0) is 9.97. The van der Waals surface area contributed by atoms with E-state index >= 15 is 0 Å². The number of hydrogen-bond donors (Lipinski definition) is 0. The van der Waals surface area contributed by atoms with Crippen LogP contribution in [0.15, 0.2) is 12.4 Å². The summed E-state index contributed by atoms with van der Waals surface area (Å²) in [6.45, 7) is 2.99. The summed E-state index contributed by atoms with van der Waals surface area (Å²) in [7, 11) is 0. The first-order valence-electron chi connectivity index (χ1n) is 4.79. The third kappa shape index (κ3) is 1.82. The summed E-state index contributed by atoms with van der Waals surface area (Å²) < 4.78 is 5.33. The summed E-state index contributed by atoms with van der Waals surface area (Å²) in [5.41, 5.74) is 3.47. The van der Waals surface area contributed by atoms with E-state index in [2.05, 4.69) is 4.98 Å². The van der Waals surface area contributed by atoms with Crippen LogP contribution in [-0.2, 0) is 29.0 Å². The fraction of sp³-hybridized carbons (Fsp3) is 0.455. The van der Waals surface area contributed by atoms with Gasteiger partial charge in [-0.25, -0.2) is 0 Å².